The quantitative estimate of drug-likeness (QED) is 0.762. The molecule has 0 bridgehead atoms. The van der Waals surface area contributed by atoms with E-state index in [9.17, 15) is 4.79 Å². The number of nitrogens with zero attached hydrogens (tertiary/aromatic N) is 4. The van der Waals surface area contributed by atoms with Crippen molar-refractivity contribution in [3.8, 4) is 0 Å². The van der Waals surface area contributed by atoms with Gasteiger partial charge in [0.25, 0.3) is 0 Å². The van der Waals surface area contributed by atoms with Gasteiger partial charge in [-0.15, -0.1) is 0 Å². The normalized spacial score (nSPS) is 22.6. The summed E-state index contributed by atoms with van der Waals surface area (Å²) in [5, 5.41) is 1.18. The Hall–Kier alpha value is -2.76. The predicted octanol–water partition coefficient (Wildman–Crippen LogP) is 2.86. The highest BCUT2D eigenvalue weighted by Gasteiger charge is 2.32. The van der Waals surface area contributed by atoms with Gasteiger partial charge in [-0.05, 0) is 55.4 Å². The van der Waals surface area contributed by atoms with Crippen LogP contribution in [0.2, 0.25) is 0 Å². The molecule has 138 valence electrons. The molecule has 2 unspecified atom stereocenters. The van der Waals surface area contributed by atoms with Crippen LogP contribution in [-0.2, 0) is 17.6 Å². The van der Waals surface area contributed by atoms with E-state index in [-0.39, 0.29) is 5.92 Å². The van der Waals surface area contributed by atoms with Crippen molar-refractivity contribution in [1.29, 1.82) is 0 Å². The topological polar surface area (TPSA) is 74.8 Å². The summed E-state index contributed by atoms with van der Waals surface area (Å²) >= 11 is 0. The highest BCUT2D eigenvalue weighted by Crippen LogP contribution is 2.33. The molecule has 1 aliphatic carbocycles. The van der Waals surface area contributed by atoms with Crippen LogP contribution < -0.4 is 0 Å². The molecule has 2 atom stereocenters. The number of piperidine rings is 1. The van der Waals surface area contributed by atoms with Gasteiger partial charge in [-0.2, -0.15) is 0 Å². The van der Waals surface area contributed by atoms with Gasteiger partial charge in [0.05, 0.1) is 0 Å². The zero-order chi connectivity index (χ0) is 18.2. The van der Waals surface area contributed by atoms with Crippen molar-refractivity contribution >= 4 is 16.9 Å². The number of amides is 1. The Bertz CT molecular complexity index is 981. The first-order valence-corrected chi connectivity index (χ1v) is 9.78. The summed E-state index contributed by atoms with van der Waals surface area (Å²) in [7, 11) is 0. The zero-order valence-electron chi connectivity index (χ0n) is 15.3. The first-order chi connectivity index (χ1) is 13.3. The molecule has 3 aromatic heterocycles. The second kappa shape index (κ2) is 6.76. The number of H-pyrrole nitrogens is 1. The van der Waals surface area contributed by atoms with Crippen molar-refractivity contribution in [3.05, 3.63) is 53.9 Å². The molecule has 1 amide bonds. The molecule has 3 aromatic rings. The third-order valence-corrected chi connectivity index (χ3v) is 6.08. The average molecular weight is 361 g/mol. The number of fused-ring (bicyclic) bond motifs is 2. The van der Waals surface area contributed by atoms with E-state index in [1.54, 1.807) is 6.33 Å². The molecule has 1 saturated heterocycles. The van der Waals surface area contributed by atoms with Crippen LogP contribution in [0.4, 0.5) is 0 Å². The van der Waals surface area contributed by atoms with Crippen molar-refractivity contribution in [3.63, 3.8) is 0 Å². The Morgan fingerprint density at radius 1 is 1.26 bits per heavy atom. The second-order valence-electron chi connectivity index (χ2n) is 7.70. The average Bonchev–Trinajstić information content (AvgIpc) is 3.17. The van der Waals surface area contributed by atoms with Crippen molar-refractivity contribution in [2.45, 2.75) is 38.0 Å². The molecule has 6 nitrogen and oxygen atoms in total. The lowest BCUT2D eigenvalue weighted by molar-refractivity contribution is -0.137. The molecule has 0 radical (unpaired) electrons. The van der Waals surface area contributed by atoms with Crippen LogP contribution in [0.1, 0.15) is 42.0 Å². The Labute approximate surface area is 158 Å². The number of hydrogen-bond donors (Lipinski definition) is 1. The van der Waals surface area contributed by atoms with Crippen LogP contribution in [0.25, 0.3) is 11.0 Å². The van der Waals surface area contributed by atoms with Gasteiger partial charge in [-0.25, -0.2) is 15.0 Å². The largest absolute Gasteiger partial charge is 0.346 e. The van der Waals surface area contributed by atoms with Crippen LogP contribution in [0.3, 0.4) is 0 Å². The molecule has 4 heterocycles. The van der Waals surface area contributed by atoms with Crippen molar-refractivity contribution in [2.75, 3.05) is 13.1 Å². The van der Waals surface area contributed by atoms with Crippen LogP contribution in [0.15, 0.2) is 37.1 Å². The van der Waals surface area contributed by atoms with E-state index >= 15 is 0 Å². The molecular weight excluding hydrogens is 338 g/mol. The standard InChI is InChI=1S/C21H23N5O/c27-21(14-5-6-19-16(9-14)10-22-13-25-19)26-8-2-3-15(12-26)18-11-24-20-17(18)4-1-7-23-20/h1,4,7,10-11,13-15H,2-3,5-6,8-9,12H2,(H,23,24). The summed E-state index contributed by atoms with van der Waals surface area (Å²) in [5.41, 5.74) is 4.47. The number of aryl methyl sites for hydroxylation is 1. The Morgan fingerprint density at radius 2 is 2.22 bits per heavy atom. The van der Waals surface area contributed by atoms with E-state index in [2.05, 4.69) is 37.1 Å². The van der Waals surface area contributed by atoms with Crippen LogP contribution in [0.5, 0.6) is 0 Å². The van der Waals surface area contributed by atoms with Crippen LogP contribution in [0, 0.1) is 5.92 Å². The fraction of sp³-hybridized carbons (Fsp3) is 0.429. The number of rotatable bonds is 2. The number of nitrogens with one attached hydrogen (secondary N) is 1. The van der Waals surface area contributed by atoms with Crippen LogP contribution >= 0.6 is 0 Å². The minimum absolute atomic E-state index is 0.0619. The third-order valence-electron chi connectivity index (χ3n) is 6.08. The fourth-order valence-corrected chi connectivity index (χ4v) is 4.67. The summed E-state index contributed by atoms with van der Waals surface area (Å²) in [5.74, 6) is 0.735. The number of hydrogen-bond acceptors (Lipinski definition) is 4. The number of likely N-dealkylation sites (tertiary alicyclic amines) is 1. The van der Waals surface area contributed by atoms with Crippen LogP contribution in [-0.4, -0.2) is 43.8 Å². The molecule has 1 fully saturated rings. The Balaban J connectivity index is 1.33. The highest BCUT2D eigenvalue weighted by molar-refractivity contribution is 5.81. The molecule has 1 aliphatic heterocycles. The molecule has 0 saturated carbocycles. The van der Waals surface area contributed by atoms with Gasteiger partial charge in [-0.3, -0.25) is 4.79 Å². The Kier molecular flexibility index (Phi) is 4.11. The van der Waals surface area contributed by atoms with E-state index in [4.69, 9.17) is 0 Å². The molecule has 6 heteroatoms. The van der Waals surface area contributed by atoms with Gasteiger partial charge in [0.15, 0.2) is 0 Å². The molecular formula is C21H23N5O. The monoisotopic (exact) mass is 361 g/mol. The molecule has 0 spiro atoms. The number of carbonyl (C=O) groups excluding carboxylic acids is 1. The summed E-state index contributed by atoms with van der Waals surface area (Å²) < 4.78 is 0. The maximum absolute atomic E-state index is 13.2. The van der Waals surface area contributed by atoms with Crippen molar-refractivity contribution in [2.24, 2.45) is 5.92 Å². The van der Waals surface area contributed by atoms with Crippen molar-refractivity contribution in [1.82, 2.24) is 24.8 Å². The van der Waals surface area contributed by atoms with E-state index in [1.807, 2.05) is 18.5 Å². The molecule has 5 rings (SSSR count). The molecule has 27 heavy (non-hydrogen) atoms. The molecule has 1 N–H and O–H groups in total. The first kappa shape index (κ1) is 16.4. The fourth-order valence-electron chi connectivity index (χ4n) is 4.67. The lowest BCUT2D eigenvalue weighted by atomic mass is 9.85. The second-order valence-corrected chi connectivity index (χ2v) is 7.70. The smallest absolute Gasteiger partial charge is 0.226 e. The lowest BCUT2D eigenvalue weighted by Crippen LogP contribution is -2.43. The predicted molar refractivity (Wildman–Crippen MR) is 102 cm³/mol. The van der Waals surface area contributed by atoms with Gasteiger partial charge >= 0.3 is 0 Å². The SMILES string of the molecule is O=C(C1CCc2ncncc2C1)N1CCCC(c2c[nH]c3ncccc23)C1. The summed E-state index contributed by atoms with van der Waals surface area (Å²) in [6, 6.07) is 4.10. The summed E-state index contributed by atoms with van der Waals surface area (Å²) in [6.07, 6.45) is 12.1. The number of carbonyl (C=O) groups is 1. The first-order valence-electron chi connectivity index (χ1n) is 9.78. The Morgan fingerprint density at radius 3 is 3.19 bits per heavy atom. The summed E-state index contributed by atoms with van der Waals surface area (Å²) in [6.45, 7) is 1.67. The lowest BCUT2D eigenvalue weighted by Gasteiger charge is -2.36. The zero-order valence-corrected chi connectivity index (χ0v) is 15.3. The van der Waals surface area contributed by atoms with E-state index in [0.717, 1.165) is 62.1 Å². The maximum atomic E-state index is 13.2. The third kappa shape index (κ3) is 2.99. The van der Waals surface area contributed by atoms with Gasteiger partial charge in [0.1, 0.15) is 12.0 Å². The minimum Gasteiger partial charge on any atom is -0.346 e. The summed E-state index contributed by atoms with van der Waals surface area (Å²) in [4.78, 5) is 31.5. The van der Waals surface area contributed by atoms with E-state index in [1.165, 1.54) is 10.9 Å². The van der Waals surface area contributed by atoms with Gasteiger partial charge in [0.2, 0.25) is 5.91 Å². The van der Waals surface area contributed by atoms with Crippen molar-refractivity contribution < 1.29 is 4.79 Å². The van der Waals surface area contributed by atoms with Gasteiger partial charge in [0, 0.05) is 54.6 Å². The number of aromatic nitrogens is 4. The minimum atomic E-state index is 0.0619. The van der Waals surface area contributed by atoms with E-state index in [0.29, 0.717) is 11.8 Å². The molecule has 0 aromatic carbocycles. The van der Waals surface area contributed by atoms with Gasteiger partial charge < -0.3 is 9.88 Å². The highest BCUT2D eigenvalue weighted by atomic mass is 16.2. The molecule has 2 aliphatic rings. The van der Waals surface area contributed by atoms with E-state index < -0.39 is 0 Å². The number of aromatic amines is 1. The van der Waals surface area contributed by atoms with Gasteiger partial charge in [-0.1, -0.05) is 0 Å². The maximum Gasteiger partial charge on any atom is 0.226 e. The number of pyridine rings is 1.